The number of aryl methyl sites for hydroxylation is 1. The van der Waals surface area contributed by atoms with Crippen molar-refractivity contribution in [1.82, 2.24) is 9.80 Å². The molecule has 12 bridgehead atoms. The van der Waals surface area contributed by atoms with Crippen molar-refractivity contribution < 1.29 is 24.2 Å². The molecule has 4 aliphatic carbocycles. The molecule has 2 spiro atoms. The molecule has 0 amide bonds. The van der Waals surface area contributed by atoms with Crippen LogP contribution in [0.3, 0.4) is 0 Å². The molecule has 1 saturated carbocycles. The van der Waals surface area contributed by atoms with E-state index in [0.29, 0.717) is 72.8 Å². The molecular weight excluding hydrogens is 687 g/mol. The van der Waals surface area contributed by atoms with Gasteiger partial charge in [-0.25, -0.2) is 4.79 Å². The fraction of sp³-hybridized carbons (Fsp3) is 0.702. The first-order chi connectivity index (χ1) is 26.7. The summed E-state index contributed by atoms with van der Waals surface area (Å²) in [6, 6.07) is 6.96. The lowest BCUT2D eigenvalue weighted by Gasteiger charge is -2.71. The van der Waals surface area contributed by atoms with E-state index < -0.39 is 16.4 Å². The Bertz CT molecular complexity index is 1970. The second kappa shape index (κ2) is 12.2. The van der Waals surface area contributed by atoms with E-state index in [4.69, 9.17) is 15.2 Å². The van der Waals surface area contributed by atoms with Gasteiger partial charge in [0.05, 0.1) is 11.0 Å². The minimum atomic E-state index is -1.09. The number of nitrogens with zero attached hydrogens (tertiary/aromatic N) is 2. The molecule has 8 nitrogen and oxygen atoms in total. The van der Waals surface area contributed by atoms with Gasteiger partial charge < -0.3 is 25.2 Å². The SMILES string of the molecule is CCC[C@@H]1C/C(O)=C2/OC(=O)[C@@]34C5=C(CC[C@@]23[C@]2(OC(=O)c3c(CCCN)cccc32)[C@H]4CCC)[C@@H]2C3=C(CC[C@@H]4[C@@H]6C[C@@H](CN1C6)CN34)C[C@H](C)[C@@H]2CC5. The molecular formula is C47H61N3O5. The van der Waals surface area contributed by atoms with E-state index in [2.05, 4.69) is 48.8 Å². The van der Waals surface area contributed by atoms with Crippen molar-refractivity contribution in [3.63, 3.8) is 0 Å². The molecule has 1 aromatic rings. The number of aliphatic hydroxyl groups is 1. The van der Waals surface area contributed by atoms with Crippen molar-refractivity contribution in [3.05, 3.63) is 68.8 Å². The van der Waals surface area contributed by atoms with E-state index in [1.54, 1.807) is 11.3 Å². The van der Waals surface area contributed by atoms with Crippen LogP contribution in [-0.2, 0) is 26.3 Å². The normalized spacial score (nSPS) is 44.4. The van der Waals surface area contributed by atoms with Gasteiger partial charge in [0.2, 0.25) is 0 Å². The Morgan fingerprint density at radius 3 is 2.69 bits per heavy atom. The average molecular weight is 748 g/mol. The maximum absolute atomic E-state index is 15.5. The van der Waals surface area contributed by atoms with Crippen LogP contribution in [0.1, 0.15) is 132 Å². The van der Waals surface area contributed by atoms with E-state index in [1.807, 2.05) is 0 Å². The molecule has 13 aliphatic rings. The lowest BCUT2D eigenvalue weighted by molar-refractivity contribution is -0.278. The Kier molecular flexibility index (Phi) is 7.79. The molecule has 8 heteroatoms. The minimum Gasteiger partial charge on any atom is -0.509 e. The molecule has 3 saturated heterocycles. The lowest BCUT2D eigenvalue weighted by atomic mass is 9.28. The van der Waals surface area contributed by atoms with Gasteiger partial charge in [0.1, 0.15) is 11.2 Å². The highest BCUT2D eigenvalue weighted by Gasteiger charge is 2.93. The summed E-state index contributed by atoms with van der Waals surface area (Å²) >= 11 is 0. The number of aliphatic hydroxyl groups excluding tert-OH is 1. The first kappa shape index (κ1) is 35.1. The van der Waals surface area contributed by atoms with Gasteiger partial charge in [-0.2, -0.15) is 0 Å². The van der Waals surface area contributed by atoms with Crippen molar-refractivity contribution in [2.24, 2.45) is 52.1 Å². The van der Waals surface area contributed by atoms with Gasteiger partial charge in [0.25, 0.3) is 0 Å². The van der Waals surface area contributed by atoms with Crippen LogP contribution in [0.5, 0.6) is 0 Å². The van der Waals surface area contributed by atoms with E-state index in [0.717, 1.165) is 82.1 Å². The topological polar surface area (TPSA) is 105 Å². The summed E-state index contributed by atoms with van der Waals surface area (Å²) in [5.41, 5.74) is 11.7. The predicted octanol–water partition coefficient (Wildman–Crippen LogP) is 8.07. The number of carbonyl (C=O) groups excluding carboxylic acids is 2. The Morgan fingerprint density at radius 1 is 1.02 bits per heavy atom. The number of hydrogen-bond acceptors (Lipinski definition) is 8. The van der Waals surface area contributed by atoms with Crippen LogP contribution in [0.25, 0.3) is 0 Å². The van der Waals surface area contributed by atoms with E-state index in [1.165, 1.54) is 36.8 Å². The van der Waals surface area contributed by atoms with E-state index in [-0.39, 0.29) is 29.7 Å². The lowest BCUT2D eigenvalue weighted by Crippen LogP contribution is -2.77. The molecule has 55 heavy (non-hydrogen) atoms. The largest absolute Gasteiger partial charge is 0.509 e. The number of rotatable bonds is 7. The van der Waals surface area contributed by atoms with Gasteiger partial charge in [-0.15, -0.1) is 0 Å². The van der Waals surface area contributed by atoms with Crippen LogP contribution in [-0.4, -0.2) is 65.1 Å². The first-order valence-electron chi connectivity index (χ1n) is 22.4. The van der Waals surface area contributed by atoms with Crippen LogP contribution < -0.4 is 5.73 Å². The predicted molar refractivity (Wildman–Crippen MR) is 209 cm³/mol. The third-order valence-electron chi connectivity index (χ3n) is 17.5. The number of ether oxygens (including phenoxy) is 2. The highest BCUT2D eigenvalue weighted by molar-refractivity contribution is 6.00. The summed E-state index contributed by atoms with van der Waals surface area (Å²) in [4.78, 5) is 35.7. The maximum Gasteiger partial charge on any atom is 0.339 e. The number of piperidine rings is 2. The number of carbonyl (C=O) groups is 2. The summed E-state index contributed by atoms with van der Waals surface area (Å²) in [5, 5.41) is 12.8. The number of fused-ring (bicyclic) bond motifs is 2. The van der Waals surface area contributed by atoms with Crippen LogP contribution in [0.4, 0.5) is 0 Å². The average Bonchev–Trinajstić information content (AvgIpc) is 3.64. The fourth-order valence-electron chi connectivity index (χ4n) is 16.0. The van der Waals surface area contributed by atoms with Gasteiger partial charge in [0, 0.05) is 61.2 Å². The van der Waals surface area contributed by atoms with Crippen molar-refractivity contribution in [2.75, 3.05) is 26.2 Å². The zero-order valence-corrected chi connectivity index (χ0v) is 33.3. The van der Waals surface area contributed by atoms with Crippen LogP contribution in [0.15, 0.2) is 52.1 Å². The van der Waals surface area contributed by atoms with Gasteiger partial charge in [0.15, 0.2) is 11.4 Å². The van der Waals surface area contributed by atoms with E-state index >= 15 is 4.79 Å². The summed E-state index contributed by atoms with van der Waals surface area (Å²) in [7, 11) is 0. The second-order valence-corrected chi connectivity index (χ2v) is 19.7. The Balaban J connectivity index is 1.20. The molecule has 0 radical (unpaired) electrons. The molecule has 9 heterocycles. The van der Waals surface area contributed by atoms with Crippen LogP contribution >= 0.6 is 0 Å². The molecule has 9 aliphatic heterocycles. The minimum absolute atomic E-state index is 0.157. The molecule has 0 aromatic heterocycles. The highest BCUT2D eigenvalue weighted by atomic mass is 16.6. The smallest absolute Gasteiger partial charge is 0.339 e. The van der Waals surface area contributed by atoms with Crippen molar-refractivity contribution in [3.8, 4) is 0 Å². The number of benzene rings is 1. The second-order valence-electron chi connectivity index (χ2n) is 19.7. The molecule has 1 aromatic carbocycles. The van der Waals surface area contributed by atoms with Crippen LogP contribution in [0, 0.1) is 46.3 Å². The number of allylic oxidation sites excluding steroid dienone is 2. The Hall–Kier alpha value is -3.10. The molecule has 294 valence electrons. The number of hydrogen-bond donors (Lipinski definition) is 2. The zero-order valence-electron chi connectivity index (χ0n) is 33.3. The van der Waals surface area contributed by atoms with Gasteiger partial charge in [-0.3, -0.25) is 9.69 Å². The van der Waals surface area contributed by atoms with Crippen molar-refractivity contribution in [2.45, 2.75) is 135 Å². The monoisotopic (exact) mass is 747 g/mol. The molecule has 1 unspecified atom stereocenters. The van der Waals surface area contributed by atoms with E-state index in [9.17, 15) is 9.90 Å². The van der Waals surface area contributed by atoms with Gasteiger partial charge in [-0.05, 0) is 113 Å². The summed E-state index contributed by atoms with van der Waals surface area (Å²) in [6.07, 6.45) is 13.9. The zero-order chi connectivity index (χ0) is 37.6. The Labute approximate surface area is 326 Å². The van der Waals surface area contributed by atoms with Gasteiger partial charge in [-0.1, -0.05) is 68.5 Å². The van der Waals surface area contributed by atoms with Crippen molar-refractivity contribution in [1.29, 1.82) is 0 Å². The standard InChI is InChI=1S/C47H61N3O5/c1-4-8-31-22-37(51)42-45-18-17-33-34(15-14-32-26(3)20-29-13-16-36-30-21-27(23-49(31)25-30)24-50(36)41(29)40(32)33)46(45,44(53)54-42)38(9-5-2)47(45)35-12-6-10-28(11-7-19-48)39(35)43(52)55-47/h6,10,12,26-27,30-32,36,38,40,51H,4-5,7-9,11,13-25,48H2,1-3H3/b42-37-/t26-,27-,30+,31+,32-,36+,38-,40+,45+,46-,47+/m0/s1. The first-order valence-corrected chi connectivity index (χ1v) is 22.4. The summed E-state index contributed by atoms with van der Waals surface area (Å²) in [5.74, 6) is 2.65. The number of nitrogens with two attached hydrogens (primary N) is 1. The Morgan fingerprint density at radius 2 is 1.87 bits per heavy atom. The molecule has 4 fully saturated rings. The van der Waals surface area contributed by atoms with Crippen LogP contribution in [0.2, 0.25) is 0 Å². The summed E-state index contributed by atoms with van der Waals surface area (Å²) < 4.78 is 13.8. The molecule has 3 N–H and O–H groups in total. The maximum atomic E-state index is 15.5. The van der Waals surface area contributed by atoms with Crippen molar-refractivity contribution >= 4 is 11.9 Å². The number of esters is 2. The fourth-order valence-corrected chi connectivity index (χ4v) is 16.0. The third kappa shape index (κ3) is 4.12. The highest BCUT2D eigenvalue weighted by Crippen LogP contribution is 2.87. The van der Waals surface area contributed by atoms with Gasteiger partial charge >= 0.3 is 11.9 Å². The summed E-state index contributed by atoms with van der Waals surface area (Å²) in [6.45, 7) is 10.8. The molecule has 14 rings (SSSR count). The quantitative estimate of drug-likeness (QED) is 0.213. The third-order valence-corrected chi connectivity index (χ3v) is 17.5. The molecule has 12 atom stereocenters.